The molecular formula is C31H36N4O. The number of benzene rings is 2. The SMILES string of the molecule is CC[C@H]1CN2CC[C@H]1C[C@H]2[C@H](OCc1ccccc1)c1cc(-n2nc(C)cc2C)nc2ccccc12. The topological polar surface area (TPSA) is 43.2 Å². The van der Waals surface area contributed by atoms with Gasteiger partial charge in [0.15, 0.2) is 5.82 Å². The molecule has 7 rings (SSSR count). The molecule has 5 heteroatoms. The highest BCUT2D eigenvalue weighted by Crippen LogP contribution is 2.44. The maximum Gasteiger partial charge on any atom is 0.154 e. The van der Waals surface area contributed by atoms with Crippen molar-refractivity contribution in [2.75, 3.05) is 13.1 Å². The molecular weight excluding hydrogens is 444 g/mol. The summed E-state index contributed by atoms with van der Waals surface area (Å²) in [5.41, 5.74) is 5.52. The summed E-state index contributed by atoms with van der Waals surface area (Å²) in [5.74, 6) is 2.46. The molecule has 0 spiro atoms. The van der Waals surface area contributed by atoms with E-state index in [2.05, 4.69) is 85.5 Å². The van der Waals surface area contributed by atoms with E-state index in [1.165, 1.54) is 48.9 Å². The number of pyridine rings is 1. The lowest BCUT2D eigenvalue weighted by molar-refractivity contribution is -0.0879. The van der Waals surface area contributed by atoms with Crippen molar-refractivity contribution in [3.63, 3.8) is 0 Å². The molecule has 2 bridgehead atoms. The Bertz CT molecular complexity index is 1350. The van der Waals surface area contributed by atoms with Crippen LogP contribution in [0.2, 0.25) is 0 Å². The first-order valence-electron chi connectivity index (χ1n) is 13.4. The maximum absolute atomic E-state index is 6.91. The molecule has 0 aliphatic carbocycles. The van der Waals surface area contributed by atoms with Gasteiger partial charge in [-0.15, -0.1) is 0 Å². The molecule has 186 valence electrons. The van der Waals surface area contributed by atoms with Crippen LogP contribution in [0, 0.1) is 25.7 Å². The first-order chi connectivity index (χ1) is 17.6. The van der Waals surface area contributed by atoms with Crippen molar-refractivity contribution in [2.24, 2.45) is 11.8 Å². The van der Waals surface area contributed by atoms with E-state index in [0.29, 0.717) is 12.6 Å². The zero-order chi connectivity index (χ0) is 24.6. The molecule has 1 unspecified atom stereocenters. The van der Waals surface area contributed by atoms with Gasteiger partial charge in [0.05, 0.1) is 23.9 Å². The van der Waals surface area contributed by atoms with Gasteiger partial charge in [-0.1, -0.05) is 61.9 Å². The van der Waals surface area contributed by atoms with Crippen LogP contribution >= 0.6 is 0 Å². The van der Waals surface area contributed by atoms with E-state index in [9.17, 15) is 0 Å². The summed E-state index contributed by atoms with van der Waals surface area (Å²) in [6.45, 7) is 9.43. The zero-order valence-electron chi connectivity index (χ0n) is 21.6. The quantitative estimate of drug-likeness (QED) is 0.306. The summed E-state index contributed by atoms with van der Waals surface area (Å²) in [7, 11) is 0. The van der Waals surface area contributed by atoms with Crippen LogP contribution in [0.25, 0.3) is 16.7 Å². The average Bonchev–Trinajstić information content (AvgIpc) is 3.27. The van der Waals surface area contributed by atoms with Crippen LogP contribution in [0.15, 0.2) is 66.7 Å². The van der Waals surface area contributed by atoms with Gasteiger partial charge in [0.1, 0.15) is 0 Å². The van der Waals surface area contributed by atoms with Gasteiger partial charge < -0.3 is 4.74 Å². The van der Waals surface area contributed by atoms with E-state index in [4.69, 9.17) is 14.8 Å². The molecule has 0 saturated carbocycles. The van der Waals surface area contributed by atoms with Gasteiger partial charge in [-0.25, -0.2) is 9.67 Å². The van der Waals surface area contributed by atoms with Crippen molar-refractivity contribution in [1.82, 2.24) is 19.7 Å². The van der Waals surface area contributed by atoms with Crippen LogP contribution in [0.3, 0.4) is 0 Å². The molecule has 5 heterocycles. The van der Waals surface area contributed by atoms with E-state index in [1.807, 2.05) is 11.6 Å². The lowest BCUT2D eigenvalue weighted by Gasteiger charge is -2.52. The van der Waals surface area contributed by atoms with E-state index in [1.54, 1.807) is 0 Å². The third-order valence-corrected chi connectivity index (χ3v) is 8.35. The zero-order valence-corrected chi connectivity index (χ0v) is 21.6. The summed E-state index contributed by atoms with van der Waals surface area (Å²) in [4.78, 5) is 7.74. The second-order valence-corrected chi connectivity index (χ2v) is 10.7. The molecule has 0 amide bonds. The molecule has 5 atom stereocenters. The van der Waals surface area contributed by atoms with Gasteiger partial charge >= 0.3 is 0 Å². The fourth-order valence-electron chi connectivity index (χ4n) is 6.52. The van der Waals surface area contributed by atoms with E-state index < -0.39 is 0 Å². The Kier molecular flexibility index (Phi) is 6.36. The Balaban J connectivity index is 1.46. The van der Waals surface area contributed by atoms with Gasteiger partial charge in [-0.2, -0.15) is 5.10 Å². The number of nitrogens with zero attached hydrogens (tertiary/aromatic N) is 4. The van der Waals surface area contributed by atoms with Crippen LogP contribution in [0.4, 0.5) is 0 Å². The molecule has 5 nitrogen and oxygen atoms in total. The third-order valence-electron chi connectivity index (χ3n) is 8.35. The predicted molar refractivity (Wildman–Crippen MR) is 144 cm³/mol. The van der Waals surface area contributed by atoms with Gasteiger partial charge in [-0.05, 0) is 74.4 Å². The lowest BCUT2D eigenvalue weighted by Crippen LogP contribution is -2.55. The molecule has 4 aromatic rings. The molecule has 36 heavy (non-hydrogen) atoms. The standard InChI is InChI=1S/C31H36N4O/c1-4-24-19-34-15-14-25(24)17-29(34)31(36-20-23-10-6-5-7-11-23)27-18-30(35-22(3)16-21(2)33-35)32-28-13-9-8-12-26(27)28/h5-13,16,18,24-25,29,31H,4,14-15,17,19-20H2,1-3H3/t24-,25-,29-,31+/m0/s1. The molecule has 0 N–H and O–H groups in total. The van der Waals surface area contributed by atoms with Gasteiger partial charge in [0.25, 0.3) is 0 Å². The molecule has 0 radical (unpaired) electrons. The minimum Gasteiger partial charge on any atom is -0.367 e. The first kappa shape index (κ1) is 23.4. The van der Waals surface area contributed by atoms with Gasteiger partial charge in [0.2, 0.25) is 0 Å². The molecule has 2 aromatic heterocycles. The fourth-order valence-corrected chi connectivity index (χ4v) is 6.52. The largest absolute Gasteiger partial charge is 0.367 e. The highest BCUT2D eigenvalue weighted by molar-refractivity contribution is 5.83. The number of ether oxygens (including phenoxy) is 1. The average molecular weight is 481 g/mol. The summed E-state index contributed by atoms with van der Waals surface area (Å²) in [5, 5.41) is 5.93. The molecule has 3 fully saturated rings. The normalized spacial score (nSPS) is 24.3. The molecule has 3 saturated heterocycles. The van der Waals surface area contributed by atoms with Crippen LogP contribution in [0.5, 0.6) is 0 Å². The number of hydrogen-bond donors (Lipinski definition) is 0. The van der Waals surface area contributed by atoms with E-state index >= 15 is 0 Å². The minimum atomic E-state index is -0.0329. The second-order valence-electron chi connectivity index (χ2n) is 10.7. The number of rotatable bonds is 7. The number of aromatic nitrogens is 3. The third kappa shape index (κ3) is 4.35. The minimum absolute atomic E-state index is 0.0329. The maximum atomic E-state index is 6.91. The van der Waals surface area contributed by atoms with Gasteiger partial charge in [-0.3, -0.25) is 4.90 Å². The Labute approximate surface area is 214 Å². The number of piperidine rings is 3. The monoisotopic (exact) mass is 480 g/mol. The Morgan fingerprint density at radius 1 is 1.03 bits per heavy atom. The molecule has 3 aliphatic heterocycles. The van der Waals surface area contributed by atoms with Crippen LogP contribution < -0.4 is 0 Å². The van der Waals surface area contributed by atoms with Crippen LogP contribution in [-0.2, 0) is 11.3 Å². The summed E-state index contributed by atoms with van der Waals surface area (Å²) in [6, 6.07) is 23.8. The Hall–Kier alpha value is -3.02. The summed E-state index contributed by atoms with van der Waals surface area (Å²) in [6.07, 6.45) is 3.75. The number of hydrogen-bond acceptors (Lipinski definition) is 4. The number of fused-ring (bicyclic) bond motifs is 4. The highest BCUT2D eigenvalue weighted by Gasteiger charge is 2.43. The van der Waals surface area contributed by atoms with Gasteiger partial charge in [0, 0.05) is 23.7 Å². The van der Waals surface area contributed by atoms with Crippen molar-refractivity contribution in [3.05, 3.63) is 89.2 Å². The van der Waals surface area contributed by atoms with Crippen molar-refractivity contribution in [3.8, 4) is 5.82 Å². The summed E-state index contributed by atoms with van der Waals surface area (Å²) >= 11 is 0. The van der Waals surface area contributed by atoms with Crippen LogP contribution in [0.1, 0.15) is 54.8 Å². The van der Waals surface area contributed by atoms with Crippen LogP contribution in [-0.4, -0.2) is 38.8 Å². The predicted octanol–water partition coefficient (Wildman–Crippen LogP) is 6.42. The van der Waals surface area contributed by atoms with E-state index in [-0.39, 0.29) is 6.10 Å². The summed E-state index contributed by atoms with van der Waals surface area (Å²) < 4.78 is 8.88. The smallest absolute Gasteiger partial charge is 0.154 e. The van der Waals surface area contributed by atoms with E-state index in [0.717, 1.165) is 34.6 Å². The fraction of sp³-hybridized carbons (Fsp3) is 0.419. The lowest BCUT2D eigenvalue weighted by atomic mass is 9.72. The number of aryl methyl sites for hydroxylation is 2. The Morgan fingerprint density at radius 2 is 1.83 bits per heavy atom. The Morgan fingerprint density at radius 3 is 2.56 bits per heavy atom. The van der Waals surface area contributed by atoms with Crippen molar-refractivity contribution in [2.45, 2.75) is 58.8 Å². The van der Waals surface area contributed by atoms with Crippen molar-refractivity contribution in [1.29, 1.82) is 0 Å². The second kappa shape index (κ2) is 9.79. The number of para-hydroxylation sites is 1. The van der Waals surface area contributed by atoms with Crippen molar-refractivity contribution >= 4 is 10.9 Å². The highest BCUT2D eigenvalue weighted by atomic mass is 16.5. The first-order valence-corrected chi connectivity index (χ1v) is 13.4. The van der Waals surface area contributed by atoms with Crippen molar-refractivity contribution < 1.29 is 4.74 Å². The molecule has 3 aliphatic rings. The molecule has 2 aromatic carbocycles.